The van der Waals surface area contributed by atoms with E-state index in [4.69, 9.17) is 0 Å². The van der Waals surface area contributed by atoms with Crippen LogP contribution in [0.2, 0.25) is 0 Å². The lowest BCUT2D eigenvalue weighted by atomic mass is 10.2. The van der Waals surface area contributed by atoms with Gasteiger partial charge in [-0.2, -0.15) is 0 Å². The molecule has 0 aromatic heterocycles. The van der Waals surface area contributed by atoms with Crippen LogP contribution < -0.4 is 0 Å². The quantitative estimate of drug-likeness (QED) is 0.660. The molecule has 2 heterocycles. The van der Waals surface area contributed by atoms with Crippen LogP contribution in [0.1, 0.15) is 31.2 Å². The molecule has 0 radical (unpaired) electrons. The third-order valence-electron chi connectivity index (χ3n) is 5.37. The number of benzene rings is 1. The second-order valence-corrected chi connectivity index (χ2v) is 8.31. The summed E-state index contributed by atoms with van der Waals surface area (Å²) >= 11 is 3.31. The molecule has 152 valence electrons. The number of nitrogens with zero attached hydrogens (tertiary/aromatic N) is 3. The molecule has 2 fully saturated rings. The molecule has 2 saturated heterocycles. The summed E-state index contributed by atoms with van der Waals surface area (Å²) in [5.41, 5.74) is 0.379. The number of halogens is 2. The number of hydrogen-bond acceptors (Lipinski definition) is 3. The molecule has 1 aromatic rings. The summed E-state index contributed by atoms with van der Waals surface area (Å²) in [5, 5.41) is 0. The summed E-state index contributed by atoms with van der Waals surface area (Å²) in [4.78, 5) is 30.8. The Morgan fingerprint density at radius 3 is 2.32 bits per heavy atom. The monoisotopic (exact) mass is 451 g/mol. The minimum absolute atomic E-state index is 0.127. The van der Waals surface area contributed by atoms with E-state index < -0.39 is 0 Å². The molecule has 2 amide bonds. The highest BCUT2D eigenvalue weighted by Crippen LogP contribution is 2.17. The molecule has 1 aromatic carbocycles. The van der Waals surface area contributed by atoms with E-state index in [1.165, 1.54) is 31.1 Å². The van der Waals surface area contributed by atoms with E-state index in [0.717, 1.165) is 30.4 Å². The lowest BCUT2D eigenvalue weighted by molar-refractivity contribution is -0.133. The highest BCUT2D eigenvalue weighted by molar-refractivity contribution is 9.10. The van der Waals surface area contributed by atoms with Crippen LogP contribution >= 0.6 is 15.9 Å². The number of carbonyl (C=O) groups is 2. The van der Waals surface area contributed by atoms with Gasteiger partial charge >= 0.3 is 0 Å². The zero-order valence-electron chi connectivity index (χ0n) is 16.1. The first kappa shape index (κ1) is 21.0. The summed E-state index contributed by atoms with van der Waals surface area (Å²) in [6.07, 6.45) is 7.54. The van der Waals surface area contributed by atoms with Crippen LogP contribution in [0.3, 0.4) is 0 Å². The molecule has 2 aliphatic heterocycles. The molecule has 7 heteroatoms. The van der Waals surface area contributed by atoms with Crippen molar-refractivity contribution in [1.82, 2.24) is 14.7 Å². The maximum atomic E-state index is 13.8. The third kappa shape index (κ3) is 5.88. The van der Waals surface area contributed by atoms with Crippen molar-refractivity contribution in [2.45, 2.75) is 25.7 Å². The van der Waals surface area contributed by atoms with Gasteiger partial charge in [-0.25, -0.2) is 4.39 Å². The Morgan fingerprint density at radius 2 is 1.64 bits per heavy atom. The van der Waals surface area contributed by atoms with Crippen LogP contribution in [-0.4, -0.2) is 72.3 Å². The summed E-state index contributed by atoms with van der Waals surface area (Å²) in [5.74, 6) is -0.284. The van der Waals surface area contributed by atoms with E-state index in [1.807, 2.05) is 4.90 Å². The predicted octanol–water partition coefficient (Wildman–Crippen LogP) is 3.15. The maximum Gasteiger partial charge on any atom is 0.246 e. The smallest absolute Gasteiger partial charge is 0.246 e. The van der Waals surface area contributed by atoms with E-state index in [-0.39, 0.29) is 17.6 Å². The molecule has 0 N–H and O–H groups in total. The van der Waals surface area contributed by atoms with Crippen molar-refractivity contribution >= 4 is 33.8 Å². The predicted molar refractivity (Wildman–Crippen MR) is 111 cm³/mol. The van der Waals surface area contributed by atoms with Crippen LogP contribution in [0, 0.1) is 5.82 Å². The van der Waals surface area contributed by atoms with Crippen LogP contribution in [0.15, 0.2) is 28.7 Å². The van der Waals surface area contributed by atoms with Crippen LogP contribution in [0.5, 0.6) is 0 Å². The number of piperazine rings is 1. The molecule has 0 saturated carbocycles. The Balaban J connectivity index is 1.46. The lowest BCUT2D eigenvalue weighted by Crippen LogP contribution is -2.51. The third-order valence-corrected chi connectivity index (χ3v) is 5.86. The van der Waals surface area contributed by atoms with Gasteiger partial charge in [0.25, 0.3) is 0 Å². The van der Waals surface area contributed by atoms with Gasteiger partial charge in [-0.3, -0.25) is 14.5 Å². The Labute approximate surface area is 174 Å². The molecule has 0 atom stereocenters. The minimum Gasteiger partial charge on any atom is -0.342 e. The molecular weight excluding hydrogens is 425 g/mol. The summed E-state index contributed by atoms with van der Waals surface area (Å²) in [6.45, 7) is 4.70. The van der Waals surface area contributed by atoms with E-state index in [1.54, 1.807) is 17.0 Å². The molecule has 5 nitrogen and oxygen atoms in total. The number of hydrogen-bond donors (Lipinski definition) is 0. The van der Waals surface area contributed by atoms with Gasteiger partial charge in [0.2, 0.25) is 11.8 Å². The first-order valence-corrected chi connectivity index (χ1v) is 10.7. The van der Waals surface area contributed by atoms with Gasteiger partial charge in [0.05, 0.1) is 6.54 Å². The number of rotatable bonds is 4. The molecule has 28 heavy (non-hydrogen) atoms. The van der Waals surface area contributed by atoms with Gasteiger partial charge in [-0.1, -0.05) is 28.8 Å². The van der Waals surface area contributed by atoms with Crippen molar-refractivity contribution in [2.24, 2.45) is 0 Å². The van der Waals surface area contributed by atoms with E-state index in [9.17, 15) is 14.0 Å². The fourth-order valence-electron chi connectivity index (χ4n) is 3.65. The van der Waals surface area contributed by atoms with Crippen molar-refractivity contribution in [3.8, 4) is 0 Å². The Hall–Kier alpha value is -1.73. The molecule has 0 bridgehead atoms. The van der Waals surface area contributed by atoms with Gasteiger partial charge in [0, 0.05) is 55.4 Å². The Bertz CT molecular complexity index is 724. The molecule has 0 spiro atoms. The molecule has 0 aliphatic carbocycles. The highest BCUT2D eigenvalue weighted by Gasteiger charge is 2.23. The second kappa shape index (κ2) is 10.2. The first-order chi connectivity index (χ1) is 13.5. The number of carbonyl (C=O) groups excluding carboxylic acids is 2. The van der Waals surface area contributed by atoms with Crippen LogP contribution in [-0.2, 0) is 9.59 Å². The Morgan fingerprint density at radius 1 is 0.964 bits per heavy atom. The molecule has 3 rings (SSSR count). The van der Waals surface area contributed by atoms with Gasteiger partial charge in [-0.05, 0) is 37.1 Å². The summed E-state index contributed by atoms with van der Waals surface area (Å²) in [6, 6.07) is 4.64. The van der Waals surface area contributed by atoms with E-state index in [0.29, 0.717) is 38.3 Å². The van der Waals surface area contributed by atoms with Gasteiger partial charge in [-0.15, -0.1) is 0 Å². The molecule has 0 unspecified atom stereocenters. The SMILES string of the molecule is O=C(/C=C/c1cc(Br)ccc1F)N1CCN(CC(=O)N2CCCCCC2)CC1. The number of likely N-dealkylation sites (tertiary alicyclic amines) is 1. The average Bonchev–Trinajstić information content (AvgIpc) is 2.98. The van der Waals surface area contributed by atoms with Gasteiger partial charge in [0.1, 0.15) is 5.82 Å². The van der Waals surface area contributed by atoms with Crippen molar-refractivity contribution in [3.63, 3.8) is 0 Å². The maximum absolute atomic E-state index is 13.8. The minimum atomic E-state index is -0.357. The standard InChI is InChI=1S/C21H27BrFN3O2/c22-18-6-7-19(23)17(15-18)5-8-20(27)26-13-11-24(12-14-26)16-21(28)25-9-3-1-2-4-10-25/h5-8,15H,1-4,9-14,16H2/b8-5+. The average molecular weight is 452 g/mol. The van der Waals surface area contributed by atoms with Gasteiger partial charge in [0.15, 0.2) is 0 Å². The van der Waals surface area contributed by atoms with E-state index >= 15 is 0 Å². The zero-order valence-corrected chi connectivity index (χ0v) is 17.7. The topological polar surface area (TPSA) is 43.9 Å². The highest BCUT2D eigenvalue weighted by atomic mass is 79.9. The van der Waals surface area contributed by atoms with Crippen molar-refractivity contribution in [3.05, 3.63) is 40.1 Å². The summed E-state index contributed by atoms with van der Waals surface area (Å²) < 4.78 is 14.5. The van der Waals surface area contributed by atoms with Crippen molar-refractivity contribution in [2.75, 3.05) is 45.8 Å². The van der Waals surface area contributed by atoms with Crippen LogP contribution in [0.4, 0.5) is 4.39 Å². The number of amides is 2. The fourth-order valence-corrected chi connectivity index (χ4v) is 4.03. The second-order valence-electron chi connectivity index (χ2n) is 7.40. The van der Waals surface area contributed by atoms with Crippen molar-refractivity contribution < 1.29 is 14.0 Å². The fraction of sp³-hybridized carbons (Fsp3) is 0.524. The molecular formula is C21H27BrFN3O2. The van der Waals surface area contributed by atoms with Crippen LogP contribution in [0.25, 0.3) is 6.08 Å². The van der Waals surface area contributed by atoms with Crippen molar-refractivity contribution in [1.29, 1.82) is 0 Å². The largest absolute Gasteiger partial charge is 0.342 e. The Kier molecular flexibility index (Phi) is 7.62. The van der Waals surface area contributed by atoms with E-state index in [2.05, 4.69) is 20.8 Å². The summed E-state index contributed by atoms with van der Waals surface area (Å²) in [7, 11) is 0. The normalized spacial score (nSPS) is 19.1. The van der Waals surface area contributed by atoms with Gasteiger partial charge < -0.3 is 9.80 Å². The molecule has 2 aliphatic rings. The zero-order chi connectivity index (χ0) is 19.9. The lowest BCUT2D eigenvalue weighted by Gasteiger charge is -2.34. The first-order valence-electron chi connectivity index (χ1n) is 9.95.